The lowest BCUT2D eigenvalue weighted by molar-refractivity contribution is -0.137. The predicted molar refractivity (Wildman–Crippen MR) is 94.5 cm³/mol. The molecule has 1 saturated heterocycles. The molecular formula is C19H23N5O2. The van der Waals surface area contributed by atoms with Crippen LogP contribution in [-0.2, 0) is 29.7 Å². The Morgan fingerprint density at radius 1 is 1.27 bits per heavy atom. The largest absolute Gasteiger partial charge is 0.338 e. The summed E-state index contributed by atoms with van der Waals surface area (Å²) >= 11 is 0. The number of amides is 2. The van der Waals surface area contributed by atoms with Gasteiger partial charge in [-0.05, 0) is 30.5 Å². The van der Waals surface area contributed by atoms with Crippen LogP contribution in [0.3, 0.4) is 0 Å². The zero-order chi connectivity index (χ0) is 18.1. The summed E-state index contributed by atoms with van der Waals surface area (Å²) in [6.07, 6.45) is 9.60. The van der Waals surface area contributed by atoms with E-state index in [4.69, 9.17) is 0 Å². The number of hydrogen-bond donors (Lipinski definition) is 0. The Bertz CT molecular complexity index is 799. The number of nitrogens with zero attached hydrogens (tertiary/aromatic N) is 5. The minimum atomic E-state index is -0.249. The topological polar surface area (TPSA) is 71.3 Å². The van der Waals surface area contributed by atoms with Crippen molar-refractivity contribution in [3.63, 3.8) is 0 Å². The van der Waals surface area contributed by atoms with E-state index in [2.05, 4.69) is 10.1 Å². The van der Waals surface area contributed by atoms with Crippen LogP contribution in [0.4, 0.5) is 0 Å². The Balaban J connectivity index is 1.42. The molecule has 7 nitrogen and oxygen atoms in total. The van der Waals surface area contributed by atoms with Crippen LogP contribution in [0.25, 0.3) is 0 Å². The Morgan fingerprint density at radius 3 is 2.69 bits per heavy atom. The molecule has 0 radical (unpaired) electrons. The summed E-state index contributed by atoms with van der Waals surface area (Å²) in [4.78, 5) is 33.2. The highest BCUT2D eigenvalue weighted by atomic mass is 16.2. The summed E-state index contributed by atoms with van der Waals surface area (Å²) < 4.78 is 1.75. The number of aryl methyl sites for hydroxylation is 1. The van der Waals surface area contributed by atoms with Gasteiger partial charge in [-0.1, -0.05) is 0 Å². The zero-order valence-electron chi connectivity index (χ0n) is 14.9. The van der Waals surface area contributed by atoms with E-state index in [1.165, 1.54) is 0 Å². The third-order valence-electron chi connectivity index (χ3n) is 5.07. The first-order valence-corrected chi connectivity index (χ1v) is 9.05. The number of pyridine rings is 1. The molecule has 136 valence electrons. The third kappa shape index (κ3) is 3.61. The maximum Gasteiger partial charge on any atom is 0.228 e. The fourth-order valence-corrected chi connectivity index (χ4v) is 3.56. The molecular weight excluding hydrogens is 330 g/mol. The van der Waals surface area contributed by atoms with E-state index < -0.39 is 0 Å². The van der Waals surface area contributed by atoms with Gasteiger partial charge in [0.15, 0.2) is 0 Å². The van der Waals surface area contributed by atoms with E-state index in [1.54, 1.807) is 28.2 Å². The van der Waals surface area contributed by atoms with Crippen molar-refractivity contribution >= 4 is 11.8 Å². The van der Waals surface area contributed by atoms with Gasteiger partial charge in [0.2, 0.25) is 11.8 Å². The van der Waals surface area contributed by atoms with E-state index in [9.17, 15) is 9.59 Å². The molecule has 26 heavy (non-hydrogen) atoms. The van der Waals surface area contributed by atoms with Crippen molar-refractivity contribution < 1.29 is 9.59 Å². The first-order chi connectivity index (χ1) is 12.6. The van der Waals surface area contributed by atoms with Gasteiger partial charge in [-0.2, -0.15) is 5.10 Å². The fraction of sp³-hybridized carbons (Fsp3) is 0.474. The molecule has 1 aliphatic heterocycles. The Labute approximate surface area is 152 Å². The van der Waals surface area contributed by atoms with Crippen molar-refractivity contribution in [3.05, 3.63) is 48.0 Å². The Hall–Kier alpha value is -2.70. The molecule has 0 aromatic carbocycles. The Morgan fingerprint density at radius 2 is 2.04 bits per heavy atom. The van der Waals surface area contributed by atoms with Gasteiger partial charge in [-0.3, -0.25) is 19.3 Å². The highest BCUT2D eigenvalue weighted by Crippen LogP contribution is 2.32. The summed E-state index contributed by atoms with van der Waals surface area (Å²) in [7, 11) is 1.87. The average molecular weight is 353 g/mol. The zero-order valence-corrected chi connectivity index (χ0v) is 14.9. The molecule has 3 heterocycles. The van der Waals surface area contributed by atoms with E-state index in [-0.39, 0.29) is 17.7 Å². The van der Waals surface area contributed by atoms with Gasteiger partial charge in [-0.15, -0.1) is 0 Å². The summed E-state index contributed by atoms with van der Waals surface area (Å²) in [6, 6.07) is 4.12. The van der Waals surface area contributed by atoms with Crippen LogP contribution in [0.1, 0.15) is 30.4 Å². The molecule has 0 N–H and O–H groups in total. The lowest BCUT2D eigenvalue weighted by Gasteiger charge is -2.25. The summed E-state index contributed by atoms with van der Waals surface area (Å²) in [6.45, 7) is 1.61. The third-order valence-corrected chi connectivity index (χ3v) is 5.07. The highest BCUT2D eigenvalue weighted by Gasteiger charge is 2.41. The summed E-state index contributed by atoms with van der Waals surface area (Å²) in [5.74, 6) is -0.0965. The fourth-order valence-electron chi connectivity index (χ4n) is 3.56. The van der Waals surface area contributed by atoms with Crippen LogP contribution in [0.2, 0.25) is 0 Å². The van der Waals surface area contributed by atoms with E-state index in [0.29, 0.717) is 32.1 Å². The minimum Gasteiger partial charge on any atom is -0.338 e. The number of aromatic nitrogens is 3. The van der Waals surface area contributed by atoms with Gasteiger partial charge in [0, 0.05) is 63.3 Å². The maximum atomic E-state index is 13.1. The van der Waals surface area contributed by atoms with Crippen molar-refractivity contribution in [1.82, 2.24) is 24.6 Å². The summed E-state index contributed by atoms with van der Waals surface area (Å²) in [5.41, 5.74) is 2.07. The van der Waals surface area contributed by atoms with Crippen LogP contribution in [-0.4, -0.2) is 49.0 Å². The molecule has 2 aliphatic rings. The second-order valence-electron chi connectivity index (χ2n) is 7.25. The normalized spacial score (nSPS) is 19.8. The minimum absolute atomic E-state index is 0.0530. The first-order valence-electron chi connectivity index (χ1n) is 9.05. The lowest BCUT2D eigenvalue weighted by Crippen LogP contribution is -2.38. The molecule has 2 fully saturated rings. The van der Waals surface area contributed by atoms with Gasteiger partial charge < -0.3 is 9.80 Å². The van der Waals surface area contributed by atoms with E-state index >= 15 is 0 Å². The first kappa shape index (κ1) is 16.8. The molecule has 1 saturated carbocycles. The van der Waals surface area contributed by atoms with Gasteiger partial charge in [-0.25, -0.2) is 0 Å². The van der Waals surface area contributed by atoms with Gasteiger partial charge in [0.25, 0.3) is 0 Å². The summed E-state index contributed by atoms with van der Waals surface area (Å²) in [5, 5.41) is 4.19. The SMILES string of the molecule is Cn1cc(CN(C(=O)C2CC(=O)N(Cc3ccncc3)C2)C2CC2)cn1. The average Bonchev–Trinajstić information content (AvgIpc) is 3.30. The van der Waals surface area contributed by atoms with Crippen molar-refractivity contribution in [2.45, 2.75) is 38.4 Å². The standard InChI is InChI=1S/C19H23N5O2/c1-22-10-15(9-21-22)12-24(17-2-3-17)19(26)16-8-18(25)23(13-16)11-14-4-6-20-7-5-14/h4-7,9-10,16-17H,2-3,8,11-13H2,1H3. The number of hydrogen-bond acceptors (Lipinski definition) is 4. The molecule has 0 bridgehead atoms. The number of likely N-dealkylation sites (tertiary alicyclic amines) is 1. The quantitative estimate of drug-likeness (QED) is 0.786. The number of carbonyl (C=O) groups is 2. The molecule has 2 aromatic heterocycles. The number of rotatable bonds is 6. The van der Waals surface area contributed by atoms with E-state index in [0.717, 1.165) is 24.0 Å². The van der Waals surface area contributed by atoms with Crippen molar-refractivity contribution in [2.75, 3.05) is 6.54 Å². The van der Waals surface area contributed by atoms with Crippen LogP contribution >= 0.6 is 0 Å². The number of carbonyl (C=O) groups excluding carboxylic acids is 2. The lowest BCUT2D eigenvalue weighted by atomic mass is 10.1. The Kier molecular flexibility index (Phi) is 4.44. The van der Waals surface area contributed by atoms with Gasteiger partial charge in [0.05, 0.1) is 12.1 Å². The van der Waals surface area contributed by atoms with Crippen LogP contribution in [0.15, 0.2) is 36.9 Å². The second-order valence-corrected chi connectivity index (χ2v) is 7.25. The van der Waals surface area contributed by atoms with E-state index in [1.807, 2.05) is 30.3 Å². The van der Waals surface area contributed by atoms with Crippen molar-refractivity contribution in [2.24, 2.45) is 13.0 Å². The van der Waals surface area contributed by atoms with Crippen molar-refractivity contribution in [3.8, 4) is 0 Å². The molecule has 7 heteroatoms. The molecule has 2 aromatic rings. The van der Waals surface area contributed by atoms with Gasteiger partial charge >= 0.3 is 0 Å². The molecule has 4 rings (SSSR count). The predicted octanol–water partition coefficient (Wildman–Crippen LogP) is 1.35. The maximum absolute atomic E-state index is 13.1. The van der Waals surface area contributed by atoms with Gasteiger partial charge in [0.1, 0.15) is 0 Å². The van der Waals surface area contributed by atoms with Crippen LogP contribution < -0.4 is 0 Å². The monoisotopic (exact) mass is 353 g/mol. The van der Waals surface area contributed by atoms with Crippen LogP contribution in [0, 0.1) is 5.92 Å². The molecule has 2 amide bonds. The molecule has 1 aliphatic carbocycles. The molecule has 0 spiro atoms. The second kappa shape index (κ2) is 6.90. The van der Waals surface area contributed by atoms with Crippen molar-refractivity contribution in [1.29, 1.82) is 0 Å². The van der Waals surface area contributed by atoms with Crippen LogP contribution in [0.5, 0.6) is 0 Å². The molecule has 1 atom stereocenters. The smallest absolute Gasteiger partial charge is 0.228 e. The molecule has 1 unspecified atom stereocenters. The highest BCUT2D eigenvalue weighted by molar-refractivity contribution is 5.89.